The van der Waals surface area contributed by atoms with Crippen molar-refractivity contribution in [3.63, 3.8) is 0 Å². The summed E-state index contributed by atoms with van der Waals surface area (Å²) in [4.78, 5) is 0. The summed E-state index contributed by atoms with van der Waals surface area (Å²) in [5.74, 6) is 0. The lowest BCUT2D eigenvalue weighted by Crippen LogP contribution is -2.15. The second kappa shape index (κ2) is 12.5. The fraction of sp³-hybridized carbons (Fsp3) is 0.278. The molecule has 0 heteroatoms. The highest BCUT2D eigenvalue weighted by molar-refractivity contribution is 5.86. The minimum Gasteiger partial charge on any atom is -0.0683 e. The van der Waals surface area contributed by atoms with Gasteiger partial charge in [-0.25, -0.2) is 0 Å². The Balaban J connectivity index is 0.000000861. The molecule has 0 aliphatic carbocycles. The van der Waals surface area contributed by atoms with E-state index in [4.69, 9.17) is 0 Å². The van der Waals surface area contributed by atoms with E-state index in [1.165, 1.54) is 49.4 Å². The van der Waals surface area contributed by atoms with E-state index in [9.17, 15) is 0 Å². The van der Waals surface area contributed by atoms with Gasteiger partial charge < -0.3 is 0 Å². The molecule has 0 aliphatic heterocycles. The maximum Gasteiger partial charge on any atom is -0.00167 e. The first-order valence-corrected chi connectivity index (χ1v) is 13.5. The van der Waals surface area contributed by atoms with Gasteiger partial charge in [0.05, 0.1) is 0 Å². The van der Waals surface area contributed by atoms with Crippen LogP contribution in [0, 0.1) is 0 Å². The van der Waals surface area contributed by atoms with E-state index >= 15 is 0 Å². The molecule has 0 amide bonds. The summed E-state index contributed by atoms with van der Waals surface area (Å²) in [6.45, 7) is 15.0. The van der Waals surface area contributed by atoms with Crippen molar-refractivity contribution in [2.75, 3.05) is 0 Å². The molecule has 0 aliphatic rings. The van der Waals surface area contributed by atoms with Crippen LogP contribution in [-0.2, 0) is 18.3 Å². The Morgan fingerprint density at radius 3 is 1.47 bits per heavy atom. The van der Waals surface area contributed by atoms with E-state index in [-0.39, 0.29) is 5.41 Å². The molecule has 0 nitrogen and oxygen atoms in total. The van der Waals surface area contributed by atoms with Crippen molar-refractivity contribution >= 4 is 21.5 Å². The van der Waals surface area contributed by atoms with Crippen molar-refractivity contribution in [2.24, 2.45) is 0 Å². The van der Waals surface area contributed by atoms with Gasteiger partial charge in [-0.05, 0) is 67.6 Å². The molecule has 0 saturated heterocycles. The summed E-state index contributed by atoms with van der Waals surface area (Å²) >= 11 is 0. The molecular formula is C36H42. The Morgan fingerprint density at radius 2 is 0.944 bits per heavy atom. The van der Waals surface area contributed by atoms with Gasteiger partial charge >= 0.3 is 0 Å². The van der Waals surface area contributed by atoms with Crippen molar-refractivity contribution in [3.8, 4) is 0 Å². The molecule has 0 heterocycles. The van der Waals surface area contributed by atoms with Crippen molar-refractivity contribution in [3.05, 3.63) is 131 Å². The summed E-state index contributed by atoms with van der Waals surface area (Å²) < 4.78 is 0. The number of benzene rings is 5. The number of fused-ring (bicyclic) bond motifs is 2. The number of hydrogen-bond acceptors (Lipinski definition) is 0. The van der Waals surface area contributed by atoms with Gasteiger partial charge in [0.25, 0.3) is 0 Å². The van der Waals surface area contributed by atoms with Crippen LogP contribution in [0.5, 0.6) is 0 Å². The Hall–Kier alpha value is -3.38. The van der Waals surface area contributed by atoms with Crippen molar-refractivity contribution in [1.82, 2.24) is 0 Å². The molecule has 5 rings (SSSR count). The minimum absolute atomic E-state index is 0.0919. The van der Waals surface area contributed by atoms with Crippen LogP contribution in [0.1, 0.15) is 76.3 Å². The van der Waals surface area contributed by atoms with E-state index in [0.717, 1.165) is 12.8 Å². The average Bonchev–Trinajstić information content (AvgIpc) is 2.92. The van der Waals surface area contributed by atoms with Crippen LogP contribution in [0.4, 0.5) is 0 Å². The molecule has 0 fully saturated rings. The topological polar surface area (TPSA) is 0 Å². The molecule has 5 aromatic rings. The zero-order valence-electron chi connectivity index (χ0n) is 23.2. The second-order valence-electron chi connectivity index (χ2n) is 9.87. The van der Waals surface area contributed by atoms with Gasteiger partial charge in [0.15, 0.2) is 0 Å². The lowest BCUT2D eigenvalue weighted by molar-refractivity contribution is 0.583. The highest BCUT2D eigenvalue weighted by atomic mass is 14.2. The number of rotatable bonds is 4. The summed E-state index contributed by atoms with van der Waals surface area (Å²) in [7, 11) is 0. The molecule has 0 unspecified atom stereocenters. The average molecular weight is 475 g/mol. The van der Waals surface area contributed by atoms with Gasteiger partial charge in [-0.1, -0.05) is 152 Å². The molecule has 0 N–H and O–H groups in total. The quantitative estimate of drug-likeness (QED) is 0.243. The van der Waals surface area contributed by atoms with Crippen molar-refractivity contribution in [1.29, 1.82) is 0 Å². The zero-order valence-corrected chi connectivity index (χ0v) is 23.2. The summed E-state index contributed by atoms with van der Waals surface area (Å²) in [6, 6.07) is 37.9. The standard InChI is InChI=1S/C32H30.2C2H6/c1-32(2,3)31-21-23(20-26-14-8-12-24-10-4-6-16-29(24)26)18-19-28(31)22-27-15-9-13-25-11-5-7-17-30(25)27;2*1-2/h4-19,21H,20,22H2,1-3H3;2*1-2H3. The molecule has 0 spiro atoms. The van der Waals surface area contributed by atoms with Crippen LogP contribution in [-0.4, -0.2) is 0 Å². The van der Waals surface area contributed by atoms with Crippen LogP contribution >= 0.6 is 0 Å². The van der Waals surface area contributed by atoms with Gasteiger partial charge in [-0.3, -0.25) is 0 Å². The fourth-order valence-electron chi connectivity index (χ4n) is 4.90. The summed E-state index contributed by atoms with van der Waals surface area (Å²) in [5, 5.41) is 5.34. The third-order valence-electron chi connectivity index (χ3n) is 6.52. The predicted molar refractivity (Wildman–Crippen MR) is 161 cm³/mol. The molecule has 0 radical (unpaired) electrons. The molecule has 0 saturated carbocycles. The van der Waals surface area contributed by atoms with E-state index in [0.29, 0.717) is 0 Å². The van der Waals surface area contributed by atoms with Crippen LogP contribution in [0.25, 0.3) is 21.5 Å². The van der Waals surface area contributed by atoms with E-state index in [1.807, 2.05) is 27.7 Å². The molecular weight excluding hydrogens is 432 g/mol. The second-order valence-corrected chi connectivity index (χ2v) is 9.87. The maximum absolute atomic E-state index is 2.45. The van der Waals surface area contributed by atoms with Crippen molar-refractivity contribution in [2.45, 2.75) is 66.7 Å². The number of hydrogen-bond donors (Lipinski definition) is 0. The molecule has 5 aromatic carbocycles. The fourth-order valence-corrected chi connectivity index (χ4v) is 4.90. The monoisotopic (exact) mass is 474 g/mol. The first-order valence-electron chi connectivity index (χ1n) is 13.5. The Bertz CT molecular complexity index is 1390. The first-order chi connectivity index (χ1) is 17.5. The predicted octanol–water partition coefficient (Wildman–Crippen LogP) is 10.5. The van der Waals surface area contributed by atoms with Crippen LogP contribution in [0.15, 0.2) is 103 Å². The van der Waals surface area contributed by atoms with E-state index < -0.39 is 0 Å². The summed E-state index contributed by atoms with van der Waals surface area (Å²) in [5.41, 5.74) is 7.14. The molecule has 0 atom stereocenters. The normalized spacial score (nSPS) is 10.9. The van der Waals surface area contributed by atoms with E-state index in [2.05, 4.69) is 124 Å². The van der Waals surface area contributed by atoms with Crippen LogP contribution in [0.3, 0.4) is 0 Å². The highest BCUT2D eigenvalue weighted by Crippen LogP contribution is 2.31. The Labute approximate surface area is 219 Å². The molecule has 0 bridgehead atoms. The zero-order chi connectivity index (χ0) is 26.1. The van der Waals surface area contributed by atoms with Crippen LogP contribution in [0.2, 0.25) is 0 Å². The molecule has 0 aromatic heterocycles. The third-order valence-corrected chi connectivity index (χ3v) is 6.52. The Morgan fingerprint density at radius 1 is 0.472 bits per heavy atom. The van der Waals surface area contributed by atoms with E-state index in [1.54, 1.807) is 0 Å². The lowest BCUT2D eigenvalue weighted by atomic mass is 9.80. The lowest BCUT2D eigenvalue weighted by Gasteiger charge is -2.24. The van der Waals surface area contributed by atoms with Gasteiger partial charge in [0, 0.05) is 0 Å². The largest absolute Gasteiger partial charge is 0.0683 e. The molecule has 36 heavy (non-hydrogen) atoms. The van der Waals surface area contributed by atoms with Gasteiger partial charge in [-0.15, -0.1) is 0 Å². The van der Waals surface area contributed by atoms with Gasteiger partial charge in [-0.2, -0.15) is 0 Å². The molecule has 186 valence electrons. The highest BCUT2D eigenvalue weighted by Gasteiger charge is 2.19. The first kappa shape index (κ1) is 27.2. The smallest absolute Gasteiger partial charge is 0.00167 e. The summed E-state index contributed by atoms with van der Waals surface area (Å²) in [6.07, 6.45) is 1.92. The maximum atomic E-state index is 2.45. The van der Waals surface area contributed by atoms with Crippen molar-refractivity contribution < 1.29 is 0 Å². The third kappa shape index (κ3) is 6.24. The van der Waals surface area contributed by atoms with Gasteiger partial charge in [0.2, 0.25) is 0 Å². The van der Waals surface area contributed by atoms with Gasteiger partial charge in [0.1, 0.15) is 0 Å². The van der Waals surface area contributed by atoms with Crippen LogP contribution < -0.4 is 0 Å². The Kier molecular flexibility index (Phi) is 9.48. The SMILES string of the molecule is CC.CC.CC(C)(C)c1cc(Cc2cccc3ccccc23)ccc1Cc1cccc2ccccc12. The minimum atomic E-state index is 0.0919.